The first-order chi connectivity index (χ1) is 13.6. The van der Waals surface area contributed by atoms with Crippen molar-refractivity contribution in [1.29, 1.82) is 0 Å². The van der Waals surface area contributed by atoms with Crippen LogP contribution >= 0.6 is 0 Å². The van der Waals surface area contributed by atoms with E-state index in [9.17, 15) is 4.79 Å². The summed E-state index contributed by atoms with van der Waals surface area (Å²) >= 11 is 0. The Morgan fingerprint density at radius 1 is 1.07 bits per heavy atom. The van der Waals surface area contributed by atoms with Crippen molar-refractivity contribution in [1.82, 2.24) is 20.1 Å². The third-order valence-corrected chi connectivity index (χ3v) is 6.61. The van der Waals surface area contributed by atoms with Crippen molar-refractivity contribution in [2.75, 3.05) is 39.3 Å². The molecule has 1 amide bonds. The van der Waals surface area contributed by atoms with Crippen LogP contribution in [0.15, 0.2) is 18.2 Å². The number of piperazine rings is 1. The number of likely N-dealkylation sites (tertiary alicyclic amines) is 1. The van der Waals surface area contributed by atoms with Crippen LogP contribution in [0.2, 0.25) is 0 Å². The number of benzene rings is 1. The summed E-state index contributed by atoms with van der Waals surface area (Å²) in [7, 11) is 0. The highest BCUT2D eigenvalue weighted by molar-refractivity contribution is 6.07. The molecule has 28 heavy (non-hydrogen) atoms. The predicted octanol–water partition coefficient (Wildman–Crippen LogP) is 2.85. The van der Waals surface area contributed by atoms with Gasteiger partial charge in [0.1, 0.15) is 0 Å². The van der Waals surface area contributed by atoms with Gasteiger partial charge in [-0.3, -0.25) is 14.7 Å². The normalized spacial score (nSPS) is 23.5. The molecule has 5 heteroatoms. The Morgan fingerprint density at radius 3 is 2.61 bits per heavy atom. The predicted molar refractivity (Wildman–Crippen MR) is 112 cm³/mol. The molecule has 2 aliphatic heterocycles. The van der Waals surface area contributed by atoms with E-state index in [1.807, 2.05) is 0 Å². The summed E-state index contributed by atoms with van der Waals surface area (Å²) < 4.78 is 0. The Balaban J connectivity index is 1.47. The third-order valence-electron chi connectivity index (χ3n) is 6.61. The van der Waals surface area contributed by atoms with Crippen LogP contribution in [0.1, 0.15) is 52.4 Å². The van der Waals surface area contributed by atoms with Gasteiger partial charge in [-0.1, -0.05) is 11.6 Å². The Labute approximate surface area is 167 Å². The summed E-state index contributed by atoms with van der Waals surface area (Å²) in [4.78, 5) is 23.2. The lowest BCUT2D eigenvalue weighted by atomic mass is 10.00. The molecule has 3 fully saturated rings. The topological polar surface area (TPSA) is 48.5 Å². The van der Waals surface area contributed by atoms with Gasteiger partial charge in [-0.25, -0.2) is 0 Å². The molecule has 5 rings (SSSR count). The first-order valence-corrected chi connectivity index (χ1v) is 10.8. The maximum atomic E-state index is 13.6. The number of hydrogen-bond acceptors (Lipinski definition) is 4. The number of carbonyl (C=O) groups excluding carboxylic acids is 1. The fourth-order valence-corrected chi connectivity index (χ4v) is 4.91. The van der Waals surface area contributed by atoms with Crippen LogP contribution in [0.3, 0.4) is 0 Å². The summed E-state index contributed by atoms with van der Waals surface area (Å²) in [5, 5.41) is 4.45. The maximum Gasteiger partial charge on any atom is 0.254 e. The number of hydrogen-bond donors (Lipinski definition) is 1. The molecule has 148 valence electrons. The van der Waals surface area contributed by atoms with Gasteiger partial charge in [0.15, 0.2) is 0 Å². The van der Waals surface area contributed by atoms with Crippen LogP contribution < -0.4 is 5.32 Å². The molecule has 1 aromatic heterocycles. The van der Waals surface area contributed by atoms with Gasteiger partial charge in [-0.2, -0.15) is 0 Å². The summed E-state index contributed by atoms with van der Waals surface area (Å²) in [6.45, 7) is 10.2. The Morgan fingerprint density at radius 2 is 1.86 bits per heavy atom. The average molecular weight is 379 g/mol. The highest BCUT2D eigenvalue weighted by Gasteiger charge is 2.33. The molecule has 3 heterocycles. The molecule has 0 bridgehead atoms. The molecule has 1 N–H and O–H groups in total. The number of carbonyl (C=O) groups is 1. The second-order valence-electron chi connectivity index (χ2n) is 8.83. The maximum absolute atomic E-state index is 13.6. The first kappa shape index (κ1) is 18.1. The number of aromatic nitrogens is 1. The molecule has 1 aliphatic carbocycles. The molecule has 2 aromatic rings. The molecular weight excluding hydrogens is 348 g/mol. The zero-order valence-corrected chi connectivity index (χ0v) is 17.0. The molecular formula is C23H30N4O. The lowest BCUT2D eigenvalue weighted by Crippen LogP contribution is -2.49. The zero-order chi connectivity index (χ0) is 19.3. The number of pyridine rings is 1. The second-order valence-corrected chi connectivity index (χ2v) is 8.83. The van der Waals surface area contributed by atoms with E-state index in [4.69, 9.17) is 4.98 Å². The van der Waals surface area contributed by atoms with Gasteiger partial charge in [0, 0.05) is 62.3 Å². The van der Waals surface area contributed by atoms with E-state index in [-0.39, 0.29) is 5.91 Å². The molecule has 0 radical (unpaired) electrons. The van der Waals surface area contributed by atoms with Crippen molar-refractivity contribution >= 4 is 16.8 Å². The number of nitrogens with one attached hydrogen (secondary N) is 1. The summed E-state index contributed by atoms with van der Waals surface area (Å²) in [6.07, 6.45) is 3.49. The Bertz CT molecular complexity index is 914. The molecule has 1 atom stereocenters. The van der Waals surface area contributed by atoms with Gasteiger partial charge in [-0.05, 0) is 50.8 Å². The SMILES string of the molecule is Cc1cc(C)c2nc(C3CC3)cc(C(=O)N3CCC(N4CCNCC4)C3)c2c1. The van der Waals surface area contributed by atoms with Crippen molar-refractivity contribution in [3.8, 4) is 0 Å². The van der Waals surface area contributed by atoms with E-state index >= 15 is 0 Å². The van der Waals surface area contributed by atoms with Crippen LogP contribution in [0, 0.1) is 13.8 Å². The zero-order valence-electron chi connectivity index (χ0n) is 17.0. The molecule has 1 unspecified atom stereocenters. The van der Waals surface area contributed by atoms with Crippen molar-refractivity contribution in [2.24, 2.45) is 0 Å². The molecule has 0 spiro atoms. The van der Waals surface area contributed by atoms with Gasteiger partial charge < -0.3 is 10.2 Å². The van der Waals surface area contributed by atoms with E-state index in [0.29, 0.717) is 12.0 Å². The highest BCUT2D eigenvalue weighted by atomic mass is 16.2. The minimum atomic E-state index is 0.192. The van der Waals surface area contributed by atoms with Crippen LogP contribution in [0.25, 0.3) is 10.9 Å². The summed E-state index contributed by atoms with van der Waals surface area (Å²) in [6, 6.07) is 6.92. The first-order valence-electron chi connectivity index (χ1n) is 10.8. The minimum Gasteiger partial charge on any atom is -0.337 e. The second kappa shape index (κ2) is 7.12. The number of aryl methyl sites for hydroxylation is 2. The number of rotatable bonds is 3. The average Bonchev–Trinajstić information content (AvgIpc) is 3.44. The van der Waals surface area contributed by atoms with Gasteiger partial charge >= 0.3 is 0 Å². The number of nitrogens with zero attached hydrogens (tertiary/aromatic N) is 3. The van der Waals surface area contributed by atoms with E-state index in [2.05, 4.69) is 47.2 Å². The van der Waals surface area contributed by atoms with Gasteiger partial charge in [0.2, 0.25) is 0 Å². The molecule has 1 saturated carbocycles. The van der Waals surface area contributed by atoms with Crippen LogP contribution in [-0.4, -0.2) is 66.0 Å². The number of fused-ring (bicyclic) bond motifs is 1. The number of amides is 1. The minimum absolute atomic E-state index is 0.192. The third kappa shape index (κ3) is 3.31. The monoisotopic (exact) mass is 378 g/mol. The summed E-state index contributed by atoms with van der Waals surface area (Å²) in [5.74, 6) is 0.737. The van der Waals surface area contributed by atoms with Crippen LogP contribution in [0.5, 0.6) is 0 Å². The Hall–Kier alpha value is -1.98. The smallest absolute Gasteiger partial charge is 0.254 e. The molecule has 3 aliphatic rings. The van der Waals surface area contributed by atoms with Crippen molar-refractivity contribution in [2.45, 2.75) is 45.1 Å². The largest absolute Gasteiger partial charge is 0.337 e. The van der Waals surface area contributed by atoms with Crippen molar-refractivity contribution in [3.63, 3.8) is 0 Å². The Kier molecular flexibility index (Phi) is 4.60. The van der Waals surface area contributed by atoms with E-state index in [1.54, 1.807) is 0 Å². The van der Waals surface area contributed by atoms with Crippen molar-refractivity contribution < 1.29 is 4.79 Å². The van der Waals surface area contributed by atoms with Crippen LogP contribution in [-0.2, 0) is 0 Å². The summed E-state index contributed by atoms with van der Waals surface area (Å²) in [5.41, 5.74) is 5.35. The lowest BCUT2D eigenvalue weighted by Gasteiger charge is -2.32. The quantitative estimate of drug-likeness (QED) is 0.892. The van der Waals surface area contributed by atoms with Gasteiger partial charge in [0.05, 0.1) is 11.1 Å². The van der Waals surface area contributed by atoms with Gasteiger partial charge in [0.25, 0.3) is 5.91 Å². The van der Waals surface area contributed by atoms with Gasteiger partial charge in [-0.15, -0.1) is 0 Å². The highest BCUT2D eigenvalue weighted by Crippen LogP contribution is 2.41. The van der Waals surface area contributed by atoms with Crippen molar-refractivity contribution in [3.05, 3.63) is 40.6 Å². The fourth-order valence-electron chi connectivity index (χ4n) is 4.91. The van der Waals surface area contributed by atoms with E-state index in [1.165, 1.54) is 24.0 Å². The van der Waals surface area contributed by atoms with E-state index < -0.39 is 0 Å². The van der Waals surface area contributed by atoms with Crippen LogP contribution in [0.4, 0.5) is 0 Å². The molecule has 5 nitrogen and oxygen atoms in total. The van der Waals surface area contributed by atoms with E-state index in [0.717, 1.165) is 67.8 Å². The molecule has 1 aromatic carbocycles. The fraction of sp³-hybridized carbons (Fsp3) is 0.565. The molecule has 2 saturated heterocycles. The standard InChI is InChI=1S/C23H30N4O/c1-15-11-16(2)22-19(12-15)20(13-21(25-22)17-3-4-17)23(28)27-8-5-18(14-27)26-9-6-24-7-10-26/h11-13,17-18,24H,3-10,14H2,1-2H3. The lowest BCUT2D eigenvalue weighted by molar-refractivity contribution is 0.0775.